The number of nitrogens with zero attached hydrogens (tertiary/aromatic N) is 3. The predicted octanol–water partition coefficient (Wildman–Crippen LogP) is 2.49. The molecule has 2 aromatic heterocycles. The molecule has 0 saturated heterocycles. The first-order valence-corrected chi connectivity index (χ1v) is 5.64. The summed E-state index contributed by atoms with van der Waals surface area (Å²) in [5, 5.41) is 10.3. The number of carbonyl (C=O) groups excluding carboxylic acids is 1. The van der Waals surface area contributed by atoms with Crippen LogP contribution in [0.5, 0.6) is 0 Å². The fourth-order valence-electron chi connectivity index (χ4n) is 0.940. The number of amides is 1. The number of nitrogens with one attached hydrogen (secondary N) is 1. The first-order chi connectivity index (χ1) is 7.65. The Morgan fingerprint density at radius 2 is 2.19 bits per heavy atom. The molecule has 0 aromatic carbocycles. The zero-order valence-electron chi connectivity index (χ0n) is 7.65. The van der Waals surface area contributed by atoms with Crippen LogP contribution < -0.4 is 5.32 Å². The van der Waals surface area contributed by atoms with Crippen LogP contribution >= 0.6 is 34.5 Å². The topological polar surface area (TPSA) is 67.8 Å². The third-order valence-electron chi connectivity index (χ3n) is 1.56. The van der Waals surface area contributed by atoms with Gasteiger partial charge >= 0.3 is 0 Å². The minimum absolute atomic E-state index is 0.173. The third-order valence-corrected chi connectivity index (χ3v) is 2.81. The van der Waals surface area contributed by atoms with E-state index in [0.717, 1.165) is 11.3 Å². The Morgan fingerprint density at radius 1 is 1.38 bits per heavy atom. The molecule has 0 radical (unpaired) electrons. The Labute approximate surface area is 104 Å². The van der Waals surface area contributed by atoms with Crippen molar-refractivity contribution in [3.05, 3.63) is 32.8 Å². The van der Waals surface area contributed by atoms with Crippen molar-refractivity contribution in [3.8, 4) is 0 Å². The summed E-state index contributed by atoms with van der Waals surface area (Å²) in [7, 11) is 0. The number of pyridine rings is 1. The maximum atomic E-state index is 11.6. The summed E-state index contributed by atoms with van der Waals surface area (Å²) in [4.78, 5) is 15.5. The molecule has 16 heavy (non-hydrogen) atoms. The van der Waals surface area contributed by atoms with Crippen LogP contribution in [-0.2, 0) is 0 Å². The highest BCUT2D eigenvalue weighted by Gasteiger charge is 2.12. The molecular formula is C8H4Cl2N4OS. The van der Waals surface area contributed by atoms with Crippen molar-refractivity contribution in [1.29, 1.82) is 0 Å². The summed E-state index contributed by atoms with van der Waals surface area (Å²) < 4.78 is 0.212. The number of halogens is 2. The van der Waals surface area contributed by atoms with Crippen LogP contribution in [0.15, 0.2) is 18.3 Å². The Kier molecular flexibility index (Phi) is 3.33. The lowest BCUT2D eigenvalue weighted by Crippen LogP contribution is -2.12. The van der Waals surface area contributed by atoms with Crippen LogP contribution in [0.3, 0.4) is 0 Å². The van der Waals surface area contributed by atoms with E-state index < -0.39 is 5.91 Å². The summed E-state index contributed by atoms with van der Waals surface area (Å²) in [5.41, 5.74) is 0. The van der Waals surface area contributed by atoms with Crippen molar-refractivity contribution in [2.45, 2.75) is 0 Å². The molecule has 0 bridgehead atoms. The molecule has 5 nitrogen and oxygen atoms in total. The van der Waals surface area contributed by atoms with Gasteiger partial charge in [-0.25, -0.2) is 4.98 Å². The van der Waals surface area contributed by atoms with E-state index in [1.165, 1.54) is 12.3 Å². The molecule has 0 saturated carbocycles. The number of hydrogen-bond donors (Lipinski definition) is 1. The molecule has 1 amide bonds. The van der Waals surface area contributed by atoms with Gasteiger partial charge in [0.15, 0.2) is 0 Å². The molecule has 0 spiro atoms. The first-order valence-electron chi connectivity index (χ1n) is 4.07. The van der Waals surface area contributed by atoms with Gasteiger partial charge in [0.05, 0.1) is 0 Å². The monoisotopic (exact) mass is 274 g/mol. The van der Waals surface area contributed by atoms with E-state index in [4.69, 9.17) is 23.2 Å². The summed E-state index contributed by atoms with van der Waals surface area (Å²) in [6.45, 7) is 0. The van der Waals surface area contributed by atoms with Gasteiger partial charge in [0.2, 0.25) is 9.47 Å². The molecule has 82 valence electrons. The number of hydrogen-bond acceptors (Lipinski definition) is 5. The molecule has 0 aliphatic heterocycles. The Morgan fingerprint density at radius 3 is 2.81 bits per heavy atom. The molecule has 2 aromatic rings. The van der Waals surface area contributed by atoms with E-state index in [1.807, 2.05) is 0 Å². The lowest BCUT2D eigenvalue weighted by atomic mass is 10.4. The van der Waals surface area contributed by atoms with E-state index >= 15 is 0 Å². The molecule has 0 fully saturated rings. The zero-order valence-corrected chi connectivity index (χ0v) is 9.97. The highest BCUT2D eigenvalue weighted by Crippen LogP contribution is 2.17. The summed E-state index contributed by atoms with van der Waals surface area (Å²) in [6.07, 6.45) is 1.49. The highest BCUT2D eigenvalue weighted by molar-refractivity contribution is 7.17. The van der Waals surface area contributed by atoms with E-state index in [2.05, 4.69) is 20.5 Å². The second-order valence-corrected chi connectivity index (χ2v) is 4.67. The van der Waals surface area contributed by atoms with E-state index in [1.54, 1.807) is 6.07 Å². The van der Waals surface area contributed by atoms with Crippen molar-refractivity contribution in [2.75, 3.05) is 5.32 Å². The Bertz CT molecular complexity index is 530. The molecule has 0 atom stereocenters. The number of rotatable bonds is 2. The van der Waals surface area contributed by atoms with Crippen LogP contribution in [0.1, 0.15) is 9.80 Å². The number of aromatic nitrogens is 3. The normalized spacial score (nSPS) is 10.1. The van der Waals surface area contributed by atoms with Gasteiger partial charge in [-0.1, -0.05) is 22.9 Å². The lowest BCUT2D eigenvalue weighted by Gasteiger charge is -2.00. The van der Waals surface area contributed by atoms with Crippen LogP contribution in [0.2, 0.25) is 9.49 Å². The average molecular weight is 275 g/mol. The van der Waals surface area contributed by atoms with Gasteiger partial charge in [-0.05, 0) is 23.7 Å². The minimum Gasteiger partial charge on any atom is -0.304 e. The molecule has 2 heterocycles. The summed E-state index contributed by atoms with van der Waals surface area (Å²) in [5.74, 6) is -0.0667. The number of anilines is 1. The van der Waals surface area contributed by atoms with Crippen molar-refractivity contribution in [1.82, 2.24) is 15.2 Å². The largest absolute Gasteiger partial charge is 0.304 e. The fraction of sp³-hybridized carbons (Fsp3) is 0. The Hall–Kier alpha value is -1.24. The first kappa shape index (κ1) is 11.3. The summed E-state index contributed by atoms with van der Waals surface area (Å²) >= 11 is 12.3. The molecular weight excluding hydrogens is 271 g/mol. The molecule has 1 N–H and O–H groups in total. The van der Waals surface area contributed by atoms with Gasteiger partial charge in [0.1, 0.15) is 5.82 Å². The van der Waals surface area contributed by atoms with Gasteiger partial charge in [-0.2, -0.15) is 0 Å². The van der Waals surface area contributed by atoms with Crippen molar-refractivity contribution >= 4 is 46.3 Å². The van der Waals surface area contributed by atoms with Crippen molar-refractivity contribution < 1.29 is 4.79 Å². The minimum atomic E-state index is -0.417. The maximum absolute atomic E-state index is 11.6. The van der Waals surface area contributed by atoms with Gasteiger partial charge in [-0.3, -0.25) is 4.79 Å². The predicted molar refractivity (Wildman–Crippen MR) is 62.1 cm³/mol. The Balaban J connectivity index is 2.13. The van der Waals surface area contributed by atoms with Gasteiger partial charge in [0, 0.05) is 11.2 Å². The smallest absolute Gasteiger partial charge is 0.287 e. The van der Waals surface area contributed by atoms with E-state index in [0.29, 0.717) is 10.8 Å². The third kappa shape index (κ3) is 2.66. The van der Waals surface area contributed by atoms with Crippen LogP contribution in [0.25, 0.3) is 0 Å². The van der Waals surface area contributed by atoms with Crippen molar-refractivity contribution in [2.24, 2.45) is 0 Å². The van der Waals surface area contributed by atoms with Crippen molar-refractivity contribution in [3.63, 3.8) is 0 Å². The quantitative estimate of drug-likeness (QED) is 0.914. The van der Waals surface area contributed by atoms with Gasteiger partial charge < -0.3 is 5.32 Å². The summed E-state index contributed by atoms with van der Waals surface area (Å²) in [6, 6.07) is 3.14. The molecule has 8 heteroatoms. The second-order valence-electron chi connectivity index (χ2n) is 2.67. The molecule has 2 rings (SSSR count). The van der Waals surface area contributed by atoms with E-state index in [-0.39, 0.29) is 9.47 Å². The lowest BCUT2D eigenvalue weighted by molar-refractivity contribution is 0.102. The average Bonchev–Trinajstić information content (AvgIpc) is 2.65. The number of carbonyl (C=O) groups is 1. The van der Waals surface area contributed by atoms with Gasteiger partial charge in [-0.15, -0.1) is 10.2 Å². The van der Waals surface area contributed by atoms with Crippen LogP contribution in [-0.4, -0.2) is 21.1 Å². The maximum Gasteiger partial charge on any atom is 0.287 e. The van der Waals surface area contributed by atoms with Crippen LogP contribution in [0.4, 0.5) is 5.82 Å². The molecule has 0 aliphatic carbocycles. The highest BCUT2D eigenvalue weighted by atomic mass is 35.5. The van der Waals surface area contributed by atoms with Gasteiger partial charge in [0.25, 0.3) is 5.91 Å². The zero-order chi connectivity index (χ0) is 11.5. The van der Waals surface area contributed by atoms with E-state index in [9.17, 15) is 4.79 Å². The fourth-order valence-corrected chi connectivity index (χ4v) is 1.82. The second kappa shape index (κ2) is 4.73. The van der Waals surface area contributed by atoms with Crippen LogP contribution in [0, 0.1) is 0 Å². The molecule has 0 aliphatic rings. The standard InChI is InChI=1S/C8H4Cl2N4OS/c9-4-1-2-11-5(3-4)12-6(15)7-13-14-8(10)16-7/h1-3H,(H,11,12,15). The SMILES string of the molecule is O=C(Nc1cc(Cl)ccn1)c1nnc(Cl)s1. The molecule has 0 unspecified atom stereocenters.